The highest BCUT2D eigenvalue weighted by Crippen LogP contribution is 2.16. The summed E-state index contributed by atoms with van der Waals surface area (Å²) in [5.74, 6) is 0.913. The summed E-state index contributed by atoms with van der Waals surface area (Å²) in [5.41, 5.74) is 0. The molecule has 7 heteroatoms. The number of rotatable bonds is 7. The summed E-state index contributed by atoms with van der Waals surface area (Å²) >= 11 is 1.88. The van der Waals surface area contributed by atoms with Gasteiger partial charge in [0.25, 0.3) is 0 Å². The van der Waals surface area contributed by atoms with E-state index in [4.69, 9.17) is 0 Å². The fraction of sp³-hybridized carbons (Fsp3) is 0.737. The molecule has 2 heterocycles. The number of likely N-dealkylation sites (N-methyl/N-ethyl adjacent to an activating group) is 1. The van der Waals surface area contributed by atoms with Crippen LogP contribution in [0.2, 0.25) is 0 Å². The van der Waals surface area contributed by atoms with Crippen molar-refractivity contribution in [3.05, 3.63) is 21.9 Å². The van der Waals surface area contributed by atoms with Gasteiger partial charge in [0.2, 0.25) is 0 Å². The van der Waals surface area contributed by atoms with Crippen molar-refractivity contribution in [1.29, 1.82) is 0 Å². The summed E-state index contributed by atoms with van der Waals surface area (Å²) in [5, 5.41) is 6.96. The number of halogens is 1. The van der Waals surface area contributed by atoms with Gasteiger partial charge in [-0.2, -0.15) is 0 Å². The van der Waals surface area contributed by atoms with Crippen LogP contribution in [0.3, 0.4) is 0 Å². The van der Waals surface area contributed by atoms with Crippen LogP contribution in [0.4, 0.5) is 0 Å². The van der Waals surface area contributed by atoms with Gasteiger partial charge in [0.1, 0.15) is 0 Å². The molecule has 0 aliphatic carbocycles. The first-order chi connectivity index (χ1) is 12.1. The molecule has 1 saturated heterocycles. The van der Waals surface area contributed by atoms with Gasteiger partial charge in [-0.05, 0) is 65.5 Å². The summed E-state index contributed by atoms with van der Waals surface area (Å²) in [7, 11) is 4.07. The minimum atomic E-state index is 0. The molecule has 1 aliphatic heterocycles. The molecular formula is C19H36IN5S. The van der Waals surface area contributed by atoms with E-state index in [-0.39, 0.29) is 24.0 Å². The zero-order chi connectivity index (χ0) is 18.1. The Morgan fingerprint density at radius 3 is 2.77 bits per heavy atom. The van der Waals surface area contributed by atoms with Gasteiger partial charge < -0.3 is 20.4 Å². The second-order valence-electron chi connectivity index (χ2n) is 7.11. The third-order valence-electron chi connectivity index (χ3n) is 4.67. The highest BCUT2D eigenvalue weighted by molar-refractivity contribution is 14.0. The van der Waals surface area contributed by atoms with Crippen LogP contribution in [0, 0.1) is 6.92 Å². The van der Waals surface area contributed by atoms with Gasteiger partial charge in [-0.3, -0.25) is 4.99 Å². The summed E-state index contributed by atoms with van der Waals surface area (Å²) in [6.45, 7) is 11.4. The highest BCUT2D eigenvalue weighted by Gasteiger charge is 2.11. The third kappa shape index (κ3) is 9.01. The molecule has 1 aromatic rings. The molecule has 1 aromatic heterocycles. The quantitative estimate of drug-likeness (QED) is 0.266. The Morgan fingerprint density at radius 2 is 2.08 bits per heavy atom. The predicted molar refractivity (Wildman–Crippen MR) is 125 cm³/mol. The van der Waals surface area contributed by atoms with Crippen molar-refractivity contribution in [3.8, 4) is 0 Å². The van der Waals surface area contributed by atoms with Crippen LogP contribution in [-0.4, -0.2) is 75.2 Å². The second-order valence-corrected chi connectivity index (χ2v) is 8.49. The SMILES string of the molecule is CN=C(NCCCN1CCCN(C)CC1)NC(C)Cc1ccc(C)s1.I. The van der Waals surface area contributed by atoms with Crippen LogP contribution in [-0.2, 0) is 6.42 Å². The van der Waals surface area contributed by atoms with Gasteiger partial charge in [-0.1, -0.05) is 0 Å². The number of nitrogens with one attached hydrogen (secondary N) is 2. The minimum Gasteiger partial charge on any atom is -0.356 e. The maximum absolute atomic E-state index is 4.36. The first-order valence-electron chi connectivity index (χ1n) is 9.50. The van der Waals surface area contributed by atoms with Crippen LogP contribution in [0.5, 0.6) is 0 Å². The van der Waals surface area contributed by atoms with E-state index < -0.39 is 0 Å². The monoisotopic (exact) mass is 493 g/mol. The molecule has 5 nitrogen and oxygen atoms in total. The first kappa shape index (κ1) is 23.7. The van der Waals surface area contributed by atoms with Crippen molar-refractivity contribution in [3.63, 3.8) is 0 Å². The second kappa shape index (κ2) is 12.9. The van der Waals surface area contributed by atoms with E-state index in [9.17, 15) is 0 Å². The maximum Gasteiger partial charge on any atom is 0.191 e. The highest BCUT2D eigenvalue weighted by atomic mass is 127. The Balaban J connectivity index is 0.00000338. The van der Waals surface area contributed by atoms with Gasteiger partial charge in [-0.15, -0.1) is 35.3 Å². The van der Waals surface area contributed by atoms with Crippen LogP contribution < -0.4 is 10.6 Å². The van der Waals surface area contributed by atoms with Crippen molar-refractivity contribution in [1.82, 2.24) is 20.4 Å². The molecule has 2 N–H and O–H groups in total. The fourth-order valence-electron chi connectivity index (χ4n) is 3.21. The van der Waals surface area contributed by atoms with E-state index in [1.165, 1.54) is 48.9 Å². The van der Waals surface area contributed by atoms with Crippen LogP contribution >= 0.6 is 35.3 Å². The van der Waals surface area contributed by atoms with Crippen molar-refractivity contribution in [2.24, 2.45) is 4.99 Å². The van der Waals surface area contributed by atoms with Gasteiger partial charge in [-0.25, -0.2) is 0 Å². The largest absolute Gasteiger partial charge is 0.356 e. The number of hydrogen-bond donors (Lipinski definition) is 2. The normalized spacial score (nSPS) is 18.1. The summed E-state index contributed by atoms with van der Waals surface area (Å²) < 4.78 is 0. The Kier molecular flexibility index (Phi) is 11.7. The number of aliphatic imine (C=N–C) groups is 1. The lowest BCUT2D eigenvalue weighted by Gasteiger charge is -2.21. The molecule has 0 bridgehead atoms. The minimum absolute atomic E-state index is 0. The van der Waals surface area contributed by atoms with Crippen LogP contribution in [0.15, 0.2) is 17.1 Å². The zero-order valence-corrected chi connectivity index (χ0v) is 19.9. The fourth-order valence-corrected chi connectivity index (χ4v) is 4.23. The number of nitrogens with zero attached hydrogens (tertiary/aromatic N) is 3. The molecule has 150 valence electrons. The topological polar surface area (TPSA) is 42.9 Å². The van der Waals surface area contributed by atoms with Crippen molar-refractivity contribution < 1.29 is 0 Å². The molecular weight excluding hydrogens is 457 g/mol. The number of thiophene rings is 1. The zero-order valence-electron chi connectivity index (χ0n) is 16.8. The lowest BCUT2D eigenvalue weighted by atomic mass is 10.2. The lowest BCUT2D eigenvalue weighted by Crippen LogP contribution is -2.43. The van der Waals surface area contributed by atoms with Crippen molar-refractivity contribution >= 4 is 41.3 Å². The Bertz CT molecular complexity index is 534. The average Bonchev–Trinajstić information content (AvgIpc) is 2.87. The molecule has 2 rings (SSSR count). The van der Waals surface area contributed by atoms with Crippen molar-refractivity contribution in [2.75, 3.05) is 53.4 Å². The van der Waals surface area contributed by atoms with Gasteiger partial charge >= 0.3 is 0 Å². The van der Waals surface area contributed by atoms with Crippen LogP contribution in [0.1, 0.15) is 29.5 Å². The van der Waals surface area contributed by atoms with Gasteiger partial charge in [0, 0.05) is 48.9 Å². The summed E-state index contributed by atoms with van der Waals surface area (Å²) in [4.78, 5) is 12.2. The number of guanidine groups is 1. The number of hydrogen-bond acceptors (Lipinski definition) is 4. The predicted octanol–water partition coefficient (Wildman–Crippen LogP) is 2.80. The van der Waals surface area contributed by atoms with E-state index in [0.717, 1.165) is 25.3 Å². The third-order valence-corrected chi connectivity index (χ3v) is 5.69. The first-order valence-corrected chi connectivity index (χ1v) is 10.3. The molecule has 1 unspecified atom stereocenters. The van der Waals surface area contributed by atoms with E-state index in [1.54, 1.807) is 0 Å². The van der Waals surface area contributed by atoms with Crippen molar-refractivity contribution in [2.45, 2.75) is 39.2 Å². The van der Waals surface area contributed by atoms with E-state index in [1.807, 2.05) is 18.4 Å². The molecule has 1 atom stereocenters. The Hall–Kier alpha value is -0.380. The van der Waals surface area contributed by atoms with E-state index in [2.05, 4.69) is 58.5 Å². The summed E-state index contributed by atoms with van der Waals surface area (Å²) in [6.07, 6.45) is 3.48. The molecule has 0 radical (unpaired) electrons. The Labute approximate surface area is 180 Å². The molecule has 1 fully saturated rings. The molecule has 0 aromatic carbocycles. The molecule has 0 amide bonds. The standard InChI is InChI=1S/C19H35N5S.HI/c1-16(15-18-8-7-17(2)25-18)22-19(20-3)21-9-5-11-24-12-6-10-23(4)13-14-24;/h7-8,16H,5-6,9-15H2,1-4H3,(H2,20,21,22);1H. The van der Waals surface area contributed by atoms with E-state index in [0.29, 0.717) is 6.04 Å². The molecule has 1 aliphatic rings. The van der Waals surface area contributed by atoms with Gasteiger partial charge in [0.05, 0.1) is 0 Å². The molecule has 0 spiro atoms. The Morgan fingerprint density at radius 1 is 1.27 bits per heavy atom. The molecule has 26 heavy (non-hydrogen) atoms. The number of aryl methyl sites for hydroxylation is 1. The maximum atomic E-state index is 4.36. The van der Waals surface area contributed by atoms with Gasteiger partial charge in [0.15, 0.2) is 5.96 Å². The smallest absolute Gasteiger partial charge is 0.191 e. The summed E-state index contributed by atoms with van der Waals surface area (Å²) in [6, 6.07) is 4.80. The van der Waals surface area contributed by atoms with Crippen LogP contribution in [0.25, 0.3) is 0 Å². The molecule has 0 saturated carbocycles. The lowest BCUT2D eigenvalue weighted by molar-refractivity contribution is 0.274. The van der Waals surface area contributed by atoms with E-state index >= 15 is 0 Å². The average molecular weight is 494 g/mol.